The van der Waals surface area contributed by atoms with Crippen LogP contribution in [-0.4, -0.2) is 27.3 Å². The van der Waals surface area contributed by atoms with Crippen LogP contribution in [0.3, 0.4) is 0 Å². The minimum absolute atomic E-state index is 0.225. The second-order valence-corrected chi connectivity index (χ2v) is 7.26. The molecule has 0 fully saturated rings. The zero-order valence-corrected chi connectivity index (χ0v) is 17.4. The minimum atomic E-state index is -1.33. The summed E-state index contributed by atoms with van der Waals surface area (Å²) in [5, 5.41) is 6.28. The fourth-order valence-electron chi connectivity index (χ4n) is 3.49. The molecule has 0 spiro atoms. The highest BCUT2D eigenvalue weighted by atomic mass is 35.5. The first-order valence-corrected chi connectivity index (χ1v) is 9.75. The van der Waals surface area contributed by atoms with Gasteiger partial charge in [-0.05, 0) is 19.1 Å². The normalized spacial score (nSPS) is 18.0. The number of halogens is 2. The van der Waals surface area contributed by atoms with Gasteiger partial charge in [0.05, 0.1) is 10.7 Å². The second kappa shape index (κ2) is 7.89. The molecule has 1 aromatic heterocycles. The topological polar surface area (TPSA) is 66.4 Å². The van der Waals surface area contributed by atoms with Crippen LogP contribution in [0.25, 0.3) is 6.08 Å². The first-order valence-electron chi connectivity index (χ1n) is 9.04. The van der Waals surface area contributed by atoms with Crippen molar-refractivity contribution in [2.75, 3.05) is 6.54 Å². The van der Waals surface area contributed by atoms with Crippen molar-refractivity contribution in [1.82, 2.24) is 19.6 Å². The molecule has 2 amide bonds. The number of nitrogens with one attached hydrogen (secondary N) is 2. The van der Waals surface area contributed by atoms with Gasteiger partial charge in [-0.1, -0.05) is 36.7 Å². The van der Waals surface area contributed by atoms with E-state index in [-0.39, 0.29) is 18.2 Å². The van der Waals surface area contributed by atoms with Crippen molar-refractivity contribution in [1.29, 1.82) is 0 Å². The van der Waals surface area contributed by atoms with Gasteiger partial charge < -0.3 is 15.2 Å². The number of rotatable bonds is 5. The number of amides is 2. The number of carbonyl (C=O) groups excluding carboxylic acids is 2. The molecule has 1 atom stereocenters. The van der Waals surface area contributed by atoms with Crippen molar-refractivity contribution in [2.45, 2.75) is 25.9 Å². The lowest BCUT2D eigenvalue weighted by molar-refractivity contribution is -0.123. The Morgan fingerprint density at radius 2 is 1.93 bits per heavy atom. The van der Waals surface area contributed by atoms with Gasteiger partial charge in [0, 0.05) is 60.9 Å². The van der Waals surface area contributed by atoms with Gasteiger partial charge in [0.25, 0.3) is 5.91 Å². The van der Waals surface area contributed by atoms with Gasteiger partial charge in [-0.25, -0.2) is 0 Å². The van der Waals surface area contributed by atoms with Crippen molar-refractivity contribution in [3.8, 4) is 0 Å². The number of benzene rings is 1. The van der Waals surface area contributed by atoms with E-state index in [1.807, 2.05) is 24.6 Å². The Morgan fingerprint density at radius 1 is 1.21 bits per heavy atom. The van der Waals surface area contributed by atoms with Gasteiger partial charge in [-0.3, -0.25) is 14.0 Å². The summed E-state index contributed by atoms with van der Waals surface area (Å²) in [5.41, 5.74) is 1.03. The van der Waals surface area contributed by atoms with Gasteiger partial charge in [0.1, 0.15) is 0 Å². The molecule has 0 bridgehead atoms. The Bertz CT molecular complexity index is 954. The molecule has 3 rings (SSSR count). The molecule has 1 unspecified atom stereocenters. The van der Waals surface area contributed by atoms with Gasteiger partial charge >= 0.3 is 0 Å². The second-order valence-electron chi connectivity index (χ2n) is 6.49. The largest absolute Gasteiger partial charge is 0.352 e. The standard InChI is InChI=1S/C20H22Cl2N4O2/c1-4-17(27)24-20(14-9-7-6-8-13(14)19(28)23-5-2)18-15(21)12-25(3)16(18)10-11-26(20)22/h6-12H,4-5H2,1-3H3,(H,23,28)(H,24,27). The number of hydrogen-bond donors (Lipinski definition) is 2. The summed E-state index contributed by atoms with van der Waals surface area (Å²) in [6, 6.07) is 7.06. The van der Waals surface area contributed by atoms with E-state index in [9.17, 15) is 9.59 Å². The fourth-order valence-corrected chi connectivity index (χ4v) is 4.15. The molecule has 6 nitrogen and oxygen atoms in total. The zero-order chi connectivity index (χ0) is 20.5. The fraction of sp³-hybridized carbons (Fsp3) is 0.300. The van der Waals surface area contributed by atoms with E-state index in [4.69, 9.17) is 23.4 Å². The van der Waals surface area contributed by atoms with E-state index >= 15 is 0 Å². The van der Waals surface area contributed by atoms with Crippen LogP contribution in [0.15, 0.2) is 36.7 Å². The lowest BCUT2D eigenvalue weighted by Crippen LogP contribution is -2.56. The molecule has 28 heavy (non-hydrogen) atoms. The summed E-state index contributed by atoms with van der Waals surface area (Å²) in [7, 11) is 1.86. The van der Waals surface area contributed by atoms with E-state index in [0.717, 1.165) is 5.69 Å². The third-order valence-electron chi connectivity index (χ3n) is 4.77. The number of nitrogens with zero attached hydrogens (tertiary/aromatic N) is 2. The lowest BCUT2D eigenvalue weighted by atomic mass is 9.85. The summed E-state index contributed by atoms with van der Waals surface area (Å²) < 4.78 is 3.23. The zero-order valence-electron chi connectivity index (χ0n) is 15.9. The van der Waals surface area contributed by atoms with Crippen LogP contribution in [0, 0.1) is 0 Å². The Labute approximate surface area is 174 Å². The number of fused-ring (bicyclic) bond motifs is 1. The third-order valence-corrected chi connectivity index (χ3v) is 5.42. The van der Waals surface area contributed by atoms with Crippen molar-refractivity contribution in [2.24, 2.45) is 7.05 Å². The van der Waals surface area contributed by atoms with E-state index in [0.29, 0.717) is 28.3 Å². The molecule has 0 radical (unpaired) electrons. The van der Waals surface area contributed by atoms with E-state index in [2.05, 4.69) is 10.6 Å². The number of hydrogen-bond acceptors (Lipinski definition) is 3. The van der Waals surface area contributed by atoms with Gasteiger partial charge in [0.15, 0.2) is 5.66 Å². The maximum atomic E-state index is 12.8. The average Bonchev–Trinajstić information content (AvgIpc) is 2.98. The van der Waals surface area contributed by atoms with Crippen LogP contribution in [0.2, 0.25) is 5.02 Å². The monoisotopic (exact) mass is 420 g/mol. The highest BCUT2D eigenvalue weighted by Gasteiger charge is 2.48. The quantitative estimate of drug-likeness (QED) is 0.726. The average molecular weight is 421 g/mol. The molecule has 2 aromatic rings. The molecule has 148 valence electrons. The molecule has 0 aliphatic carbocycles. The van der Waals surface area contributed by atoms with Crippen LogP contribution in [0.5, 0.6) is 0 Å². The van der Waals surface area contributed by atoms with E-state index in [1.165, 1.54) is 4.42 Å². The third kappa shape index (κ3) is 3.16. The molecule has 2 N–H and O–H groups in total. The van der Waals surface area contributed by atoms with Crippen LogP contribution >= 0.6 is 23.4 Å². The van der Waals surface area contributed by atoms with Crippen LogP contribution < -0.4 is 10.6 Å². The highest BCUT2D eigenvalue weighted by molar-refractivity contribution is 6.32. The van der Waals surface area contributed by atoms with Crippen molar-refractivity contribution in [3.05, 3.63) is 64.1 Å². The van der Waals surface area contributed by atoms with E-state index < -0.39 is 5.66 Å². The summed E-state index contributed by atoms with van der Waals surface area (Å²) in [6.45, 7) is 4.07. The van der Waals surface area contributed by atoms with Crippen LogP contribution in [-0.2, 0) is 17.5 Å². The molecule has 8 heteroatoms. The molecule has 1 aliphatic heterocycles. The number of aromatic nitrogens is 1. The predicted octanol–water partition coefficient (Wildman–Crippen LogP) is 3.60. The van der Waals surface area contributed by atoms with Crippen molar-refractivity contribution >= 4 is 41.3 Å². The lowest BCUT2D eigenvalue weighted by Gasteiger charge is -2.43. The van der Waals surface area contributed by atoms with Gasteiger partial charge in [-0.2, -0.15) is 0 Å². The first kappa shape index (κ1) is 20.3. The van der Waals surface area contributed by atoms with Gasteiger partial charge in [-0.15, -0.1) is 0 Å². The maximum absolute atomic E-state index is 12.8. The first-order chi connectivity index (χ1) is 13.4. The summed E-state index contributed by atoms with van der Waals surface area (Å²) in [6.07, 6.45) is 5.48. The summed E-state index contributed by atoms with van der Waals surface area (Å²) in [4.78, 5) is 25.3. The number of aryl methyl sites for hydroxylation is 1. The smallest absolute Gasteiger partial charge is 0.251 e. The highest BCUT2D eigenvalue weighted by Crippen LogP contribution is 2.45. The van der Waals surface area contributed by atoms with E-state index in [1.54, 1.807) is 43.6 Å². The maximum Gasteiger partial charge on any atom is 0.251 e. The minimum Gasteiger partial charge on any atom is -0.352 e. The Morgan fingerprint density at radius 3 is 2.61 bits per heavy atom. The molecule has 0 saturated carbocycles. The van der Waals surface area contributed by atoms with Crippen LogP contribution in [0.4, 0.5) is 0 Å². The van der Waals surface area contributed by atoms with Crippen molar-refractivity contribution in [3.63, 3.8) is 0 Å². The van der Waals surface area contributed by atoms with Crippen LogP contribution in [0.1, 0.15) is 47.4 Å². The molecular formula is C20H22Cl2N4O2. The van der Waals surface area contributed by atoms with Crippen molar-refractivity contribution < 1.29 is 9.59 Å². The Hall–Kier alpha value is -2.44. The Kier molecular flexibility index (Phi) is 5.72. The SMILES string of the molecule is CCNC(=O)c1ccccc1C1(NC(=O)CC)c2c(Cl)cn(C)c2C=CN1Cl. The van der Waals surface area contributed by atoms with Gasteiger partial charge in [0.2, 0.25) is 5.91 Å². The molecule has 0 saturated heterocycles. The molecular weight excluding hydrogens is 399 g/mol. The summed E-state index contributed by atoms with van der Waals surface area (Å²) >= 11 is 13.3. The number of carbonyl (C=O) groups is 2. The molecule has 2 heterocycles. The predicted molar refractivity (Wildman–Crippen MR) is 111 cm³/mol. The Balaban J connectivity index is 2.35. The molecule has 1 aliphatic rings. The molecule has 1 aromatic carbocycles. The summed E-state index contributed by atoms with van der Waals surface area (Å²) in [5.74, 6) is -0.478.